The van der Waals surface area contributed by atoms with E-state index in [2.05, 4.69) is 55.2 Å². The fourth-order valence-corrected chi connectivity index (χ4v) is 6.03. The summed E-state index contributed by atoms with van der Waals surface area (Å²) < 4.78 is 36.3. The summed E-state index contributed by atoms with van der Waals surface area (Å²) in [6, 6.07) is 30.6. The standard InChI is InChI=1S/C29H33N3O2S.HO3P/c1-4-23(5-2)21-27(35(3,33)34)28-30-22-32(31-28)29(24-15-9-6-10-16-24,25-17-11-7-12-18-25)26-19-13-8-14-20-26;1-4(2)3/h6-20,22-23,27H,4-5,21H2,1-3H3;(H-,1,2,3)/p+1. The molecule has 0 spiro atoms. The molecule has 2 N–H and O–H groups in total. The van der Waals surface area contributed by atoms with E-state index in [1.54, 1.807) is 6.33 Å². The highest BCUT2D eigenvalue weighted by Crippen LogP contribution is 2.41. The first kappa shape index (κ1) is 30.3. The van der Waals surface area contributed by atoms with Crippen molar-refractivity contribution in [2.45, 2.75) is 43.9 Å². The maximum Gasteiger partial charge on any atom is 0.692 e. The molecule has 0 aliphatic rings. The van der Waals surface area contributed by atoms with Crippen LogP contribution in [0, 0.1) is 5.92 Å². The average Bonchev–Trinajstić information content (AvgIpc) is 3.40. The SMILES string of the molecule is CCC(CC)CC(c1ncn(C(c2ccccc2)(c2ccccc2)c2ccccc2)n1)S(C)(=O)=O.O=[P+](O)O. The van der Waals surface area contributed by atoms with Gasteiger partial charge in [-0.3, -0.25) is 0 Å². The Balaban J connectivity index is 0.000000983. The van der Waals surface area contributed by atoms with Crippen LogP contribution in [0.4, 0.5) is 0 Å². The van der Waals surface area contributed by atoms with Gasteiger partial charge in [0.15, 0.2) is 15.7 Å². The zero-order chi connectivity index (χ0) is 28.5. The van der Waals surface area contributed by atoms with Gasteiger partial charge in [-0.2, -0.15) is 5.10 Å². The predicted molar refractivity (Wildman–Crippen MR) is 153 cm³/mol. The zero-order valence-electron chi connectivity index (χ0n) is 22.3. The van der Waals surface area contributed by atoms with E-state index >= 15 is 0 Å². The van der Waals surface area contributed by atoms with Crippen LogP contribution >= 0.6 is 8.25 Å². The van der Waals surface area contributed by atoms with E-state index in [0.717, 1.165) is 29.5 Å². The number of aromatic nitrogens is 3. The molecule has 4 rings (SSSR count). The molecular weight excluding hydrogens is 533 g/mol. The largest absolute Gasteiger partial charge is 0.692 e. The van der Waals surface area contributed by atoms with Gasteiger partial charge in [-0.1, -0.05) is 118 Å². The molecule has 0 fully saturated rings. The Labute approximate surface area is 231 Å². The molecule has 3 aromatic carbocycles. The third-order valence-corrected chi connectivity index (χ3v) is 8.37. The van der Waals surface area contributed by atoms with Crippen molar-refractivity contribution >= 4 is 18.1 Å². The molecule has 4 aromatic rings. The van der Waals surface area contributed by atoms with Gasteiger partial charge in [0.2, 0.25) is 0 Å². The molecule has 0 amide bonds. The molecule has 1 atom stereocenters. The Morgan fingerprint density at radius 2 is 1.21 bits per heavy atom. The van der Waals surface area contributed by atoms with Crippen molar-refractivity contribution in [1.29, 1.82) is 0 Å². The summed E-state index contributed by atoms with van der Waals surface area (Å²) in [6.45, 7) is 4.20. The van der Waals surface area contributed by atoms with Crippen LogP contribution in [-0.2, 0) is 19.9 Å². The second-order valence-corrected chi connectivity index (χ2v) is 12.1. The summed E-state index contributed by atoms with van der Waals surface area (Å²) in [4.78, 5) is 18.9. The molecule has 0 bridgehead atoms. The zero-order valence-corrected chi connectivity index (χ0v) is 24.0. The maximum absolute atomic E-state index is 12.9. The van der Waals surface area contributed by atoms with Gasteiger partial charge < -0.3 is 0 Å². The lowest BCUT2D eigenvalue weighted by Crippen LogP contribution is -2.38. The van der Waals surface area contributed by atoms with Gasteiger partial charge in [0.05, 0.1) is 0 Å². The van der Waals surface area contributed by atoms with Crippen molar-refractivity contribution in [2.24, 2.45) is 5.92 Å². The average molecular weight is 569 g/mol. The monoisotopic (exact) mass is 568 g/mol. The van der Waals surface area contributed by atoms with E-state index in [0.29, 0.717) is 18.2 Å². The molecule has 10 heteroatoms. The Morgan fingerprint density at radius 3 is 1.54 bits per heavy atom. The Bertz CT molecular complexity index is 1330. The van der Waals surface area contributed by atoms with Crippen molar-refractivity contribution < 1.29 is 22.8 Å². The minimum Gasteiger partial charge on any atom is -0.233 e. The lowest BCUT2D eigenvalue weighted by Gasteiger charge is -2.36. The van der Waals surface area contributed by atoms with Crippen molar-refractivity contribution in [3.05, 3.63) is 120 Å². The minimum absolute atomic E-state index is 0.295. The number of hydrogen-bond acceptors (Lipinski definition) is 5. The first-order valence-corrected chi connectivity index (χ1v) is 15.9. The summed E-state index contributed by atoms with van der Waals surface area (Å²) in [5.41, 5.74) is 2.24. The van der Waals surface area contributed by atoms with E-state index in [-0.39, 0.29) is 0 Å². The number of benzene rings is 3. The van der Waals surface area contributed by atoms with Crippen LogP contribution in [0.15, 0.2) is 97.3 Å². The predicted octanol–water partition coefficient (Wildman–Crippen LogP) is 5.66. The Hall–Kier alpha value is -3.23. The molecule has 0 radical (unpaired) electrons. The number of rotatable bonds is 10. The van der Waals surface area contributed by atoms with Gasteiger partial charge in [0.1, 0.15) is 17.1 Å². The lowest BCUT2D eigenvalue weighted by atomic mass is 9.77. The van der Waals surface area contributed by atoms with Crippen LogP contribution in [0.25, 0.3) is 0 Å². The quantitative estimate of drug-likeness (QED) is 0.187. The second kappa shape index (κ2) is 13.7. The summed E-state index contributed by atoms with van der Waals surface area (Å²) >= 11 is 0. The summed E-state index contributed by atoms with van der Waals surface area (Å²) in [5, 5.41) is 4.18. The first-order chi connectivity index (χ1) is 18.6. The Morgan fingerprint density at radius 1 is 0.821 bits per heavy atom. The van der Waals surface area contributed by atoms with Crippen LogP contribution in [0.2, 0.25) is 0 Å². The minimum atomic E-state index is -3.40. The maximum atomic E-state index is 12.9. The van der Waals surface area contributed by atoms with Crippen molar-refractivity contribution in [2.75, 3.05) is 6.26 Å². The highest BCUT2D eigenvalue weighted by Gasteiger charge is 2.40. The third kappa shape index (κ3) is 7.25. The molecule has 8 nitrogen and oxygen atoms in total. The van der Waals surface area contributed by atoms with Gasteiger partial charge in [0.25, 0.3) is 0 Å². The summed E-state index contributed by atoms with van der Waals surface area (Å²) in [7, 11) is -6.27. The molecule has 1 unspecified atom stereocenters. The topological polar surface area (TPSA) is 122 Å². The van der Waals surface area contributed by atoms with E-state index in [1.165, 1.54) is 6.26 Å². The van der Waals surface area contributed by atoms with Gasteiger partial charge in [-0.25, -0.2) is 18.1 Å². The van der Waals surface area contributed by atoms with Gasteiger partial charge >= 0.3 is 8.25 Å². The smallest absolute Gasteiger partial charge is 0.233 e. The first-order valence-electron chi connectivity index (χ1n) is 12.8. The highest BCUT2D eigenvalue weighted by molar-refractivity contribution is 7.90. The van der Waals surface area contributed by atoms with Crippen molar-refractivity contribution in [3.63, 3.8) is 0 Å². The molecule has 0 saturated carbocycles. The van der Waals surface area contributed by atoms with Gasteiger partial charge in [-0.15, -0.1) is 9.79 Å². The molecule has 1 heterocycles. The van der Waals surface area contributed by atoms with Crippen LogP contribution in [0.1, 0.15) is 60.9 Å². The van der Waals surface area contributed by atoms with E-state index < -0.39 is 28.9 Å². The van der Waals surface area contributed by atoms with E-state index in [4.69, 9.17) is 19.5 Å². The van der Waals surface area contributed by atoms with E-state index in [9.17, 15) is 8.42 Å². The fourth-order valence-electron chi connectivity index (χ4n) is 4.92. The lowest BCUT2D eigenvalue weighted by molar-refractivity contribution is 0.405. The molecule has 206 valence electrons. The van der Waals surface area contributed by atoms with Crippen molar-refractivity contribution in [1.82, 2.24) is 14.8 Å². The second-order valence-electron chi connectivity index (χ2n) is 9.34. The highest BCUT2D eigenvalue weighted by atomic mass is 32.2. The molecule has 0 aliphatic heterocycles. The Kier molecular flexibility index (Phi) is 10.7. The van der Waals surface area contributed by atoms with Crippen LogP contribution in [0.3, 0.4) is 0 Å². The number of hydrogen-bond donors (Lipinski definition) is 2. The van der Waals surface area contributed by atoms with Gasteiger partial charge in [-0.05, 0) is 29.0 Å². The summed E-state index contributed by atoms with van der Waals surface area (Å²) in [6.07, 6.45) is 5.34. The molecule has 39 heavy (non-hydrogen) atoms. The number of sulfone groups is 1. The van der Waals surface area contributed by atoms with Crippen LogP contribution in [0.5, 0.6) is 0 Å². The molecule has 0 aliphatic carbocycles. The molecular formula is C29H35N3O5PS+. The molecule has 1 aromatic heterocycles. The van der Waals surface area contributed by atoms with Crippen LogP contribution < -0.4 is 0 Å². The fraction of sp³-hybridized carbons (Fsp3) is 0.310. The van der Waals surface area contributed by atoms with E-state index in [1.807, 2.05) is 59.3 Å². The number of nitrogens with zero attached hydrogens (tertiary/aromatic N) is 3. The van der Waals surface area contributed by atoms with Crippen LogP contribution in [-0.4, -0.2) is 39.2 Å². The van der Waals surface area contributed by atoms with Crippen molar-refractivity contribution in [3.8, 4) is 0 Å². The summed E-state index contributed by atoms with van der Waals surface area (Å²) in [5.74, 6) is 0.648. The molecule has 0 saturated heterocycles. The third-order valence-electron chi connectivity index (χ3n) is 6.93. The normalized spacial score (nSPS) is 12.5. The van der Waals surface area contributed by atoms with Gasteiger partial charge in [0, 0.05) is 10.8 Å².